The Bertz CT molecular complexity index is 1190. The molecule has 2 aliphatic rings. The van der Waals surface area contributed by atoms with E-state index in [-0.39, 0.29) is 17.9 Å². The van der Waals surface area contributed by atoms with E-state index in [1.165, 1.54) is 12.8 Å². The van der Waals surface area contributed by atoms with Crippen LogP contribution in [0.15, 0.2) is 41.8 Å². The van der Waals surface area contributed by atoms with Crippen LogP contribution in [-0.4, -0.2) is 39.5 Å². The second kappa shape index (κ2) is 9.45. The van der Waals surface area contributed by atoms with Crippen LogP contribution < -0.4 is 10.1 Å². The van der Waals surface area contributed by atoms with Crippen molar-refractivity contribution in [1.82, 2.24) is 14.8 Å². The second-order valence-corrected chi connectivity index (χ2v) is 10.6. The molecule has 7 heteroatoms. The fourth-order valence-corrected chi connectivity index (χ4v) is 6.21. The summed E-state index contributed by atoms with van der Waals surface area (Å²) in [5.74, 6) is 0.579. The van der Waals surface area contributed by atoms with E-state index in [1.807, 2.05) is 60.2 Å². The summed E-state index contributed by atoms with van der Waals surface area (Å²) < 4.78 is 8.95. The van der Waals surface area contributed by atoms with Crippen LogP contribution in [0.3, 0.4) is 0 Å². The lowest BCUT2D eigenvalue weighted by Gasteiger charge is -2.44. The average molecular weight is 480 g/mol. The van der Waals surface area contributed by atoms with Gasteiger partial charge in [-0.05, 0) is 50.3 Å². The van der Waals surface area contributed by atoms with E-state index in [0.717, 1.165) is 47.2 Å². The van der Waals surface area contributed by atoms with Crippen LogP contribution in [0.1, 0.15) is 68.4 Å². The first kappa shape index (κ1) is 23.0. The molecule has 180 valence electrons. The van der Waals surface area contributed by atoms with Crippen molar-refractivity contribution in [2.75, 3.05) is 6.61 Å². The van der Waals surface area contributed by atoms with Crippen molar-refractivity contribution in [3.63, 3.8) is 0 Å². The zero-order valence-electron chi connectivity index (χ0n) is 20.0. The minimum atomic E-state index is -1.01. The summed E-state index contributed by atoms with van der Waals surface area (Å²) in [6, 6.07) is 12.0. The van der Waals surface area contributed by atoms with Gasteiger partial charge in [-0.3, -0.25) is 9.59 Å². The Morgan fingerprint density at radius 1 is 1.18 bits per heavy atom. The summed E-state index contributed by atoms with van der Waals surface area (Å²) in [4.78, 5) is 29.6. The fourth-order valence-electron chi connectivity index (χ4n) is 5.39. The molecule has 1 fully saturated rings. The molecule has 1 N–H and O–H groups in total. The number of thiophene rings is 1. The molecule has 0 bridgehead atoms. The van der Waals surface area contributed by atoms with E-state index in [4.69, 9.17) is 4.74 Å². The summed E-state index contributed by atoms with van der Waals surface area (Å²) in [5, 5.41) is 5.37. The predicted molar refractivity (Wildman–Crippen MR) is 135 cm³/mol. The summed E-state index contributed by atoms with van der Waals surface area (Å²) in [6.07, 6.45) is 6.75. The van der Waals surface area contributed by atoms with Crippen LogP contribution in [0, 0.1) is 0 Å². The molecule has 5 rings (SSSR count). The highest BCUT2D eigenvalue weighted by molar-refractivity contribution is 7.17. The standard InChI is InChI=1S/C27H33N3O3S/c1-3-33-23-13-9-8-10-19(23)17-30-25(31)22-16-24-21(14-15-34-24)29(22)18-27(30,2)26(32)28-20-11-6-4-5-7-12-20/h8-10,13-16,20H,3-7,11-12,17-18H2,1-2H3,(H,28,32). The minimum absolute atomic E-state index is 0.0654. The molecule has 3 heterocycles. The van der Waals surface area contributed by atoms with Crippen LogP contribution in [0.25, 0.3) is 10.2 Å². The molecule has 6 nitrogen and oxygen atoms in total. The van der Waals surface area contributed by atoms with Gasteiger partial charge in [0.1, 0.15) is 17.0 Å². The number of benzene rings is 1. The van der Waals surface area contributed by atoms with Gasteiger partial charge in [0, 0.05) is 11.6 Å². The molecule has 1 aromatic carbocycles. The summed E-state index contributed by atoms with van der Waals surface area (Å²) in [5.41, 5.74) is 1.57. The second-order valence-electron chi connectivity index (χ2n) is 9.65. The number of nitrogens with zero attached hydrogens (tertiary/aromatic N) is 2. The van der Waals surface area contributed by atoms with Gasteiger partial charge in [0.15, 0.2) is 0 Å². The number of fused-ring (bicyclic) bond motifs is 3. The number of hydrogen-bond donors (Lipinski definition) is 1. The van der Waals surface area contributed by atoms with E-state index in [9.17, 15) is 9.59 Å². The van der Waals surface area contributed by atoms with Crippen molar-refractivity contribution in [2.45, 2.75) is 77.0 Å². The van der Waals surface area contributed by atoms with Gasteiger partial charge in [-0.25, -0.2) is 0 Å². The van der Waals surface area contributed by atoms with Gasteiger partial charge in [-0.15, -0.1) is 11.3 Å². The van der Waals surface area contributed by atoms with Crippen molar-refractivity contribution in [1.29, 1.82) is 0 Å². The SMILES string of the molecule is CCOc1ccccc1CN1C(=O)c2cc3sccc3n2CC1(C)C(=O)NC1CCCCCC1. The molecule has 0 spiro atoms. The first-order chi connectivity index (χ1) is 16.5. The van der Waals surface area contributed by atoms with E-state index < -0.39 is 5.54 Å². The number of ether oxygens (including phenoxy) is 1. The number of carbonyl (C=O) groups is 2. The van der Waals surface area contributed by atoms with Crippen molar-refractivity contribution < 1.29 is 14.3 Å². The lowest BCUT2D eigenvalue weighted by Crippen LogP contribution is -2.64. The quantitative estimate of drug-likeness (QED) is 0.485. The summed E-state index contributed by atoms with van der Waals surface area (Å²) >= 11 is 1.62. The lowest BCUT2D eigenvalue weighted by atomic mass is 9.92. The number of rotatable bonds is 6. The van der Waals surface area contributed by atoms with E-state index in [2.05, 4.69) is 5.32 Å². The zero-order chi connectivity index (χ0) is 23.7. The molecule has 1 atom stereocenters. The Kier molecular flexibility index (Phi) is 6.38. The zero-order valence-corrected chi connectivity index (χ0v) is 20.8. The number of nitrogens with one attached hydrogen (secondary N) is 1. The Hall–Kier alpha value is -2.80. The van der Waals surface area contributed by atoms with Crippen molar-refractivity contribution in [3.05, 3.63) is 53.0 Å². The Morgan fingerprint density at radius 2 is 1.94 bits per heavy atom. The maximum Gasteiger partial charge on any atom is 0.271 e. The van der Waals surface area contributed by atoms with Gasteiger partial charge in [-0.2, -0.15) is 0 Å². The predicted octanol–water partition coefficient (Wildman–Crippen LogP) is 5.36. The maximum atomic E-state index is 13.9. The number of para-hydroxylation sites is 1. The van der Waals surface area contributed by atoms with Crippen LogP contribution in [0.2, 0.25) is 0 Å². The molecule has 2 aromatic heterocycles. The topological polar surface area (TPSA) is 63.6 Å². The third-order valence-corrected chi connectivity index (χ3v) is 8.18. The third kappa shape index (κ3) is 4.11. The Labute approximate surface area is 204 Å². The molecule has 34 heavy (non-hydrogen) atoms. The van der Waals surface area contributed by atoms with E-state index >= 15 is 0 Å². The highest BCUT2D eigenvalue weighted by atomic mass is 32.1. The number of carbonyl (C=O) groups excluding carboxylic acids is 2. The molecule has 2 amide bonds. The van der Waals surface area contributed by atoms with Crippen LogP contribution in [0.5, 0.6) is 5.75 Å². The molecular formula is C27H33N3O3S. The molecular weight excluding hydrogens is 446 g/mol. The van der Waals surface area contributed by atoms with Gasteiger partial charge in [-0.1, -0.05) is 43.9 Å². The van der Waals surface area contributed by atoms with Crippen LogP contribution >= 0.6 is 11.3 Å². The molecule has 0 radical (unpaired) electrons. The molecule has 1 saturated carbocycles. The van der Waals surface area contributed by atoms with Crippen molar-refractivity contribution in [3.8, 4) is 5.75 Å². The first-order valence-corrected chi connectivity index (χ1v) is 13.3. The molecule has 3 aromatic rings. The van der Waals surface area contributed by atoms with Gasteiger partial charge < -0.3 is 19.5 Å². The van der Waals surface area contributed by atoms with Gasteiger partial charge >= 0.3 is 0 Å². The van der Waals surface area contributed by atoms with Crippen LogP contribution in [-0.2, 0) is 17.9 Å². The summed E-state index contributed by atoms with van der Waals surface area (Å²) in [7, 11) is 0. The van der Waals surface area contributed by atoms with Gasteiger partial charge in [0.25, 0.3) is 5.91 Å². The smallest absolute Gasteiger partial charge is 0.271 e. The highest BCUT2D eigenvalue weighted by Crippen LogP contribution is 2.36. The maximum absolute atomic E-state index is 13.9. The molecule has 1 unspecified atom stereocenters. The van der Waals surface area contributed by atoms with Crippen LogP contribution in [0.4, 0.5) is 0 Å². The molecule has 1 aliphatic heterocycles. The average Bonchev–Trinajstić information content (AvgIpc) is 3.32. The number of hydrogen-bond acceptors (Lipinski definition) is 4. The Morgan fingerprint density at radius 3 is 2.71 bits per heavy atom. The monoisotopic (exact) mass is 479 g/mol. The largest absolute Gasteiger partial charge is 0.494 e. The van der Waals surface area contributed by atoms with Gasteiger partial charge in [0.2, 0.25) is 5.91 Å². The Balaban J connectivity index is 1.52. The first-order valence-electron chi connectivity index (χ1n) is 12.4. The fraction of sp³-hybridized carbons (Fsp3) is 0.481. The van der Waals surface area contributed by atoms with Crippen molar-refractivity contribution in [2.24, 2.45) is 0 Å². The van der Waals surface area contributed by atoms with Gasteiger partial charge in [0.05, 0.1) is 29.9 Å². The number of amides is 2. The third-order valence-electron chi connectivity index (χ3n) is 7.33. The molecule has 0 saturated heterocycles. The number of aromatic nitrogens is 1. The minimum Gasteiger partial charge on any atom is -0.494 e. The lowest BCUT2D eigenvalue weighted by molar-refractivity contribution is -0.134. The van der Waals surface area contributed by atoms with E-state index in [0.29, 0.717) is 25.4 Å². The normalized spacial score (nSPS) is 21.4. The highest BCUT2D eigenvalue weighted by Gasteiger charge is 2.48. The molecule has 1 aliphatic carbocycles. The summed E-state index contributed by atoms with van der Waals surface area (Å²) in [6.45, 7) is 5.17. The van der Waals surface area contributed by atoms with Crippen molar-refractivity contribution >= 4 is 33.4 Å². The van der Waals surface area contributed by atoms with E-state index in [1.54, 1.807) is 16.2 Å².